The molecule has 1 aliphatic rings. The third-order valence-corrected chi connectivity index (χ3v) is 4.10. The van der Waals surface area contributed by atoms with Gasteiger partial charge >= 0.3 is 12.2 Å². The van der Waals surface area contributed by atoms with Gasteiger partial charge in [-0.3, -0.25) is 4.79 Å². The molecule has 1 saturated heterocycles. The van der Waals surface area contributed by atoms with Crippen molar-refractivity contribution < 1.29 is 22.8 Å². The van der Waals surface area contributed by atoms with Gasteiger partial charge in [0.2, 0.25) is 5.91 Å². The fourth-order valence-electron chi connectivity index (χ4n) is 2.75. The molecule has 25 heavy (non-hydrogen) atoms. The van der Waals surface area contributed by atoms with Crippen molar-refractivity contribution in [3.8, 4) is 0 Å². The fourth-order valence-corrected chi connectivity index (χ4v) is 2.75. The summed E-state index contributed by atoms with van der Waals surface area (Å²) < 4.78 is 36.9. The maximum absolute atomic E-state index is 12.4. The van der Waals surface area contributed by atoms with E-state index in [4.69, 9.17) is 0 Å². The van der Waals surface area contributed by atoms with Gasteiger partial charge < -0.3 is 15.1 Å². The van der Waals surface area contributed by atoms with E-state index in [2.05, 4.69) is 5.32 Å². The van der Waals surface area contributed by atoms with Gasteiger partial charge in [-0.25, -0.2) is 4.79 Å². The fraction of sp³-hybridized carbons (Fsp3) is 0.529. The number of piperazine rings is 1. The molecule has 138 valence electrons. The Bertz CT molecular complexity index is 624. The SMILES string of the molecule is CC(C)c1ccccc1NC(=O)N1CCN(C(=O)CC(F)(F)F)CC1. The van der Waals surface area contributed by atoms with Crippen LogP contribution in [0.2, 0.25) is 0 Å². The Morgan fingerprint density at radius 1 is 1.08 bits per heavy atom. The number of anilines is 1. The molecule has 1 aliphatic heterocycles. The van der Waals surface area contributed by atoms with Gasteiger partial charge in [-0.2, -0.15) is 13.2 Å². The van der Waals surface area contributed by atoms with Crippen molar-refractivity contribution in [3.05, 3.63) is 29.8 Å². The number of amides is 3. The monoisotopic (exact) mass is 357 g/mol. The van der Waals surface area contributed by atoms with Gasteiger partial charge in [0.15, 0.2) is 0 Å². The number of hydrogen-bond acceptors (Lipinski definition) is 2. The van der Waals surface area contributed by atoms with Crippen LogP contribution in [0.4, 0.5) is 23.7 Å². The third kappa shape index (κ3) is 5.37. The lowest BCUT2D eigenvalue weighted by Gasteiger charge is -2.35. The summed E-state index contributed by atoms with van der Waals surface area (Å²) in [5.41, 5.74) is 1.73. The molecule has 0 spiro atoms. The highest BCUT2D eigenvalue weighted by molar-refractivity contribution is 5.90. The van der Waals surface area contributed by atoms with Crippen molar-refractivity contribution in [1.29, 1.82) is 0 Å². The number of carbonyl (C=O) groups is 2. The summed E-state index contributed by atoms with van der Waals surface area (Å²) in [6.45, 7) is 4.67. The maximum Gasteiger partial charge on any atom is 0.397 e. The van der Waals surface area contributed by atoms with Crippen molar-refractivity contribution in [2.45, 2.75) is 32.4 Å². The largest absolute Gasteiger partial charge is 0.397 e. The van der Waals surface area contributed by atoms with Crippen molar-refractivity contribution in [2.75, 3.05) is 31.5 Å². The smallest absolute Gasteiger partial charge is 0.339 e. The Hall–Kier alpha value is -2.25. The van der Waals surface area contributed by atoms with E-state index in [9.17, 15) is 22.8 Å². The van der Waals surface area contributed by atoms with Gasteiger partial charge in [0.1, 0.15) is 6.42 Å². The molecule has 0 aliphatic carbocycles. The maximum atomic E-state index is 12.4. The van der Waals surface area contributed by atoms with Gasteiger partial charge in [-0.15, -0.1) is 0 Å². The lowest BCUT2D eigenvalue weighted by molar-refractivity contribution is -0.162. The molecule has 0 saturated carbocycles. The molecule has 0 unspecified atom stereocenters. The molecule has 1 aromatic carbocycles. The highest BCUT2D eigenvalue weighted by Crippen LogP contribution is 2.24. The lowest BCUT2D eigenvalue weighted by atomic mass is 10.0. The number of para-hydroxylation sites is 1. The summed E-state index contributed by atoms with van der Waals surface area (Å²) in [6.07, 6.45) is -5.97. The van der Waals surface area contributed by atoms with Crippen LogP contribution in [-0.4, -0.2) is 54.1 Å². The second kappa shape index (κ2) is 7.76. The summed E-state index contributed by atoms with van der Waals surface area (Å²) >= 11 is 0. The zero-order valence-corrected chi connectivity index (χ0v) is 14.3. The number of halogens is 3. The van der Waals surface area contributed by atoms with Crippen LogP contribution in [-0.2, 0) is 4.79 Å². The highest BCUT2D eigenvalue weighted by Gasteiger charge is 2.34. The molecule has 0 atom stereocenters. The lowest BCUT2D eigenvalue weighted by Crippen LogP contribution is -2.52. The number of rotatable bonds is 3. The van der Waals surface area contributed by atoms with E-state index in [1.807, 2.05) is 38.1 Å². The molecular weight excluding hydrogens is 335 g/mol. The number of alkyl halides is 3. The van der Waals surface area contributed by atoms with Crippen LogP contribution in [0.25, 0.3) is 0 Å². The van der Waals surface area contributed by atoms with E-state index in [1.165, 1.54) is 4.90 Å². The van der Waals surface area contributed by atoms with E-state index in [0.29, 0.717) is 0 Å². The average Bonchev–Trinajstić information content (AvgIpc) is 2.53. The van der Waals surface area contributed by atoms with Gasteiger partial charge in [-0.1, -0.05) is 32.0 Å². The van der Waals surface area contributed by atoms with Gasteiger partial charge in [-0.05, 0) is 17.5 Å². The van der Waals surface area contributed by atoms with Crippen LogP contribution < -0.4 is 5.32 Å². The molecular formula is C17H22F3N3O2. The van der Waals surface area contributed by atoms with Crippen LogP contribution in [0.5, 0.6) is 0 Å². The Morgan fingerprint density at radius 2 is 1.64 bits per heavy atom. The number of urea groups is 1. The standard InChI is InChI=1S/C17H22F3N3O2/c1-12(2)13-5-3-4-6-14(13)21-16(25)23-9-7-22(8-10-23)15(24)11-17(18,19)20/h3-6,12H,7-11H2,1-2H3,(H,21,25). The van der Waals surface area contributed by atoms with Crippen LogP contribution in [0.3, 0.4) is 0 Å². The molecule has 0 radical (unpaired) electrons. The predicted octanol–water partition coefficient (Wildman–Crippen LogP) is 3.44. The van der Waals surface area contributed by atoms with Crippen molar-refractivity contribution >= 4 is 17.6 Å². The van der Waals surface area contributed by atoms with Crippen LogP contribution >= 0.6 is 0 Å². The molecule has 8 heteroatoms. The first-order valence-electron chi connectivity index (χ1n) is 8.17. The first-order chi connectivity index (χ1) is 11.7. The number of nitrogens with zero attached hydrogens (tertiary/aromatic N) is 2. The van der Waals surface area contributed by atoms with E-state index in [0.717, 1.165) is 16.2 Å². The quantitative estimate of drug-likeness (QED) is 0.901. The Balaban J connectivity index is 1.91. The second-order valence-electron chi connectivity index (χ2n) is 6.33. The minimum atomic E-state index is -4.51. The number of nitrogens with one attached hydrogen (secondary N) is 1. The zero-order chi connectivity index (χ0) is 18.6. The zero-order valence-electron chi connectivity index (χ0n) is 14.3. The highest BCUT2D eigenvalue weighted by atomic mass is 19.4. The summed E-state index contributed by atoms with van der Waals surface area (Å²) in [4.78, 5) is 26.6. The first kappa shape index (κ1) is 19.1. The molecule has 2 rings (SSSR count). The summed E-state index contributed by atoms with van der Waals surface area (Å²) in [7, 11) is 0. The molecule has 3 amide bonds. The number of benzene rings is 1. The average molecular weight is 357 g/mol. The second-order valence-corrected chi connectivity index (χ2v) is 6.33. The van der Waals surface area contributed by atoms with E-state index in [1.54, 1.807) is 0 Å². The molecule has 0 aromatic heterocycles. The van der Waals surface area contributed by atoms with Crippen LogP contribution in [0.15, 0.2) is 24.3 Å². The van der Waals surface area contributed by atoms with E-state index >= 15 is 0 Å². The van der Waals surface area contributed by atoms with E-state index < -0.39 is 18.5 Å². The van der Waals surface area contributed by atoms with E-state index in [-0.39, 0.29) is 38.1 Å². The minimum Gasteiger partial charge on any atom is -0.339 e. The van der Waals surface area contributed by atoms with Gasteiger partial charge in [0.05, 0.1) is 0 Å². The molecule has 1 heterocycles. The Kier molecular flexibility index (Phi) is 5.92. The normalized spacial score (nSPS) is 15.4. The molecule has 5 nitrogen and oxygen atoms in total. The van der Waals surface area contributed by atoms with Crippen molar-refractivity contribution in [2.24, 2.45) is 0 Å². The number of hydrogen-bond donors (Lipinski definition) is 1. The van der Waals surface area contributed by atoms with Crippen LogP contribution in [0.1, 0.15) is 31.7 Å². The minimum absolute atomic E-state index is 0.105. The summed E-state index contributed by atoms with van der Waals surface area (Å²) in [5.74, 6) is -0.703. The number of carbonyl (C=O) groups excluding carboxylic acids is 2. The van der Waals surface area contributed by atoms with Crippen LogP contribution in [0, 0.1) is 0 Å². The third-order valence-electron chi connectivity index (χ3n) is 4.10. The van der Waals surface area contributed by atoms with Gasteiger partial charge in [0.25, 0.3) is 0 Å². The van der Waals surface area contributed by atoms with Crippen molar-refractivity contribution in [1.82, 2.24) is 9.80 Å². The summed E-state index contributed by atoms with van der Waals surface area (Å²) in [5, 5.41) is 2.85. The Morgan fingerprint density at radius 3 is 2.20 bits per heavy atom. The molecule has 1 N–H and O–H groups in total. The Labute approximate surface area is 144 Å². The predicted molar refractivity (Wildman–Crippen MR) is 88.4 cm³/mol. The van der Waals surface area contributed by atoms with Gasteiger partial charge in [0, 0.05) is 31.9 Å². The first-order valence-corrected chi connectivity index (χ1v) is 8.17. The summed E-state index contributed by atoms with van der Waals surface area (Å²) in [6, 6.07) is 7.17. The topological polar surface area (TPSA) is 52.7 Å². The molecule has 1 aromatic rings. The molecule has 1 fully saturated rings. The van der Waals surface area contributed by atoms with Crippen molar-refractivity contribution in [3.63, 3.8) is 0 Å². The molecule has 0 bridgehead atoms.